The van der Waals surface area contributed by atoms with Gasteiger partial charge in [0, 0.05) is 48.5 Å². The number of aromatic nitrogens is 6. The largest absolute Gasteiger partial charge is 0.491 e. The van der Waals surface area contributed by atoms with Crippen molar-refractivity contribution in [2.24, 2.45) is 0 Å². The fraction of sp³-hybridized carbons (Fsp3) is 0.371. The highest BCUT2D eigenvalue weighted by molar-refractivity contribution is 6.35. The van der Waals surface area contributed by atoms with Crippen LogP contribution in [0.3, 0.4) is 0 Å². The number of benzene rings is 3. The molecule has 5 aromatic rings. The summed E-state index contributed by atoms with van der Waals surface area (Å²) in [5.41, 5.74) is 2.40. The van der Waals surface area contributed by atoms with Gasteiger partial charge in [-0.3, -0.25) is 0 Å². The second-order valence-corrected chi connectivity index (χ2v) is 13.3. The lowest BCUT2D eigenvalue weighted by Gasteiger charge is -2.37. The van der Waals surface area contributed by atoms with Crippen LogP contribution in [0.15, 0.2) is 84.4 Å². The number of hydrogen-bond acceptors (Lipinski definition) is 9. The Morgan fingerprint density at radius 1 is 0.960 bits per heavy atom. The number of rotatable bonds is 11. The average molecular weight is 724 g/mol. The molecule has 2 fully saturated rings. The Morgan fingerprint density at radius 2 is 1.68 bits per heavy atom. The van der Waals surface area contributed by atoms with E-state index in [-0.39, 0.29) is 30.3 Å². The molecule has 4 heterocycles. The van der Waals surface area contributed by atoms with Gasteiger partial charge in [-0.2, -0.15) is 5.10 Å². The van der Waals surface area contributed by atoms with Crippen molar-refractivity contribution in [1.29, 1.82) is 0 Å². The van der Waals surface area contributed by atoms with Crippen LogP contribution in [-0.4, -0.2) is 74.6 Å². The molecule has 2 aliphatic rings. The maximum atomic E-state index is 15.3. The number of hydrogen-bond donors (Lipinski definition) is 0. The van der Waals surface area contributed by atoms with Crippen molar-refractivity contribution < 1.29 is 18.6 Å². The zero-order valence-corrected chi connectivity index (χ0v) is 29.2. The van der Waals surface area contributed by atoms with E-state index in [4.69, 9.17) is 37.4 Å². The predicted octanol–water partition coefficient (Wildman–Crippen LogP) is 5.72. The van der Waals surface area contributed by atoms with Crippen molar-refractivity contribution in [2.75, 3.05) is 49.2 Å². The molecule has 262 valence electrons. The molecule has 0 amide bonds. The molecule has 3 aromatic carbocycles. The van der Waals surface area contributed by atoms with E-state index < -0.39 is 5.79 Å². The third-order valence-electron chi connectivity index (χ3n) is 9.23. The quantitative estimate of drug-likeness (QED) is 0.169. The van der Waals surface area contributed by atoms with E-state index in [9.17, 15) is 4.79 Å². The first-order chi connectivity index (χ1) is 24.2. The smallest absolute Gasteiger partial charge is 0.350 e. The highest BCUT2D eigenvalue weighted by Gasteiger charge is 2.45. The monoisotopic (exact) mass is 722 g/mol. The molecule has 2 saturated heterocycles. The minimum absolute atomic E-state index is 0.0327. The van der Waals surface area contributed by atoms with Crippen LogP contribution in [0.1, 0.15) is 31.9 Å². The Labute approximate surface area is 298 Å². The third-order valence-corrected chi connectivity index (χ3v) is 9.78. The van der Waals surface area contributed by atoms with Gasteiger partial charge < -0.3 is 28.6 Å². The fourth-order valence-electron chi connectivity index (χ4n) is 6.32. The number of anilines is 2. The summed E-state index contributed by atoms with van der Waals surface area (Å²) in [6, 6.07) is 18.0. The normalized spacial score (nSPS) is 20.0. The van der Waals surface area contributed by atoms with Crippen molar-refractivity contribution in [1.82, 2.24) is 29.1 Å². The summed E-state index contributed by atoms with van der Waals surface area (Å²) < 4.78 is 38.7. The van der Waals surface area contributed by atoms with Crippen LogP contribution in [0.2, 0.25) is 10.0 Å². The van der Waals surface area contributed by atoms with Gasteiger partial charge in [0.1, 0.15) is 43.3 Å². The molecule has 0 spiro atoms. The van der Waals surface area contributed by atoms with E-state index in [0.717, 1.165) is 25.2 Å². The molecule has 2 aliphatic heterocycles. The van der Waals surface area contributed by atoms with Crippen LogP contribution >= 0.6 is 23.2 Å². The molecule has 0 aliphatic carbocycles. The molecule has 0 N–H and O–H groups in total. The molecule has 0 radical (unpaired) electrons. The summed E-state index contributed by atoms with van der Waals surface area (Å²) >= 11 is 12.7. The molecular weight excluding hydrogens is 686 g/mol. The van der Waals surface area contributed by atoms with E-state index in [0.29, 0.717) is 59.0 Å². The third kappa shape index (κ3) is 6.95. The summed E-state index contributed by atoms with van der Waals surface area (Å²) in [5.74, 6) is -0.830. The van der Waals surface area contributed by atoms with Crippen LogP contribution in [0.5, 0.6) is 5.75 Å². The predicted molar refractivity (Wildman–Crippen MR) is 188 cm³/mol. The number of halogens is 3. The van der Waals surface area contributed by atoms with Crippen LogP contribution < -0.4 is 20.2 Å². The van der Waals surface area contributed by atoms with Crippen molar-refractivity contribution in [3.63, 3.8) is 0 Å². The Balaban J connectivity index is 0.939. The van der Waals surface area contributed by atoms with Gasteiger partial charge in [0.2, 0.25) is 5.79 Å². The van der Waals surface area contributed by atoms with E-state index in [2.05, 4.69) is 20.2 Å². The highest BCUT2D eigenvalue weighted by atomic mass is 35.5. The number of ether oxygens (including phenoxy) is 3. The van der Waals surface area contributed by atoms with Gasteiger partial charge in [-0.25, -0.2) is 18.4 Å². The minimum Gasteiger partial charge on any atom is -0.491 e. The molecule has 0 bridgehead atoms. The Bertz CT molecular complexity index is 1980. The van der Waals surface area contributed by atoms with Gasteiger partial charge in [-0.1, -0.05) is 36.2 Å². The molecule has 0 unspecified atom stereocenters. The standard InChI is InChI=1S/C35H37Cl2FN8O4/c1-3-24(2)46-34(47)45(23-41-46)27-7-11-33(32(38)17-27)44-14-12-43(13-15-44)26-5-8-28(9-6-26)48-18-29-19-49-35(50-29,20-42-21-39-40-22-42)30-10-4-25(36)16-31(30)37/h4-11,16-17,21-24,29H,3,12-15,18-20H2,1-2H3/t24-,29+,35+/m0/s1. The van der Waals surface area contributed by atoms with Crippen molar-refractivity contribution >= 4 is 34.6 Å². The highest BCUT2D eigenvalue weighted by Crippen LogP contribution is 2.40. The average Bonchev–Trinajstić information content (AvgIpc) is 3.88. The molecule has 2 aromatic heterocycles. The Kier molecular flexibility index (Phi) is 9.82. The molecule has 0 saturated carbocycles. The second-order valence-electron chi connectivity index (χ2n) is 12.5. The summed E-state index contributed by atoms with van der Waals surface area (Å²) in [6.07, 6.45) is 5.05. The van der Waals surface area contributed by atoms with Gasteiger partial charge in [0.05, 0.1) is 35.6 Å². The first-order valence-corrected chi connectivity index (χ1v) is 17.3. The lowest BCUT2D eigenvalue weighted by molar-refractivity contribution is -0.189. The van der Waals surface area contributed by atoms with Crippen LogP contribution in [-0.2, 0) is 21.8 Å². The number of piperazine rings is 1. The molecule has 3 atom stereocenters. The van der Waals surface area contributed by atoms with Gasteiger partial charge in [-0.15, -0.1) is 10.2 Å². The molecular formula is C35H37Cl2FN8O4. The molecule has 12 nitrogen and oxygen atoms in total. The van der Waals surface area contributed by atoms with E-state index >= 15 is 4.39 Å². The minimum atomic E-state index is -1.16. The topological polar surface area (TPSA) is 105 Å². The zero-order chi connectivity index (χ0) is 34.8. The number of nitrogens with zero attached hydrogens (tertiary/aromatic N) is 8. The summed E-state index contributed by atoms with van der Waals surface area (Å²) in [6.45, 7) is 7.52. The lowest BCUT2D eigenvalue weighted by atomic mass is 10.1. The Morgan fingerprint density at radius 3 is 2.38 bits per heavy atom. The SMILES string of the molecule is CC[C@H](C)n1ncn(-c2ccc(N3CCN(c4ccc(OC[C@@H]5CO[C@@](Cn6cnnc6)(c6ccc(Cl)cc6Cl)O5)cc4)CC3)c(F)c2)c1=O. The maximum absolute atomic E-state index is 15.3. The van der Waals surface area contributed by atoms with Crippen LogP contribution in [0.25, 0.3) is 5.69 Å². The lowest BCUT2D eigenvalue weighted by Crippen LogP contribution is -2.46. The van der Waals surface area contributed by atoms with Gasteiger partial charge in [-0.05, 0) is 61.9 Å². The van der Waals surface area contributed by atoms with Gasteiger partial charge >= 0.3 is 5.69 Å². The maximum Gasteiger partial charge on any atom is 0.350 e. The summed E-state index contributed by atoms with van der Waals surface area (Å²) in [4.78, 5) is 17.1. The summed E-state index contributed by atoms with van der Waals surface area (Å²) in [5, 5.41) is 12.9. The fourth-order valence-corrected chi connectivity index (χ4v) is 6.87. The van der Waals surface area contributed by atoms with Crippen LogP contribution in [0, 0.1) is 5.82 Å². The molecule has 7 rings (SSSR count). The van der Waals surface area contributed by atoms with E-state index in [1.165, 1.54) is 21.6 Å². The van der Waals surface area contributed by atoms with E-state index in [1.807, 2.05) is 43.0 Å². The zero-order valence-electron chi connectivity index (χ0n) is 27.7. The Hall–Kier alpha value is -4.43. The molecule has 50 heavy (non-hydrogen) atoms. The van der Waals surface area contributed by atoms with Crippen LogP contribution in [0.4, 0.5) is 15.8 Å². The van der Waals surface area contributed by atoms with Crippen molar-refractivity contribution in [2.45, 2.75) is 44.7 Å². The molecule has 15 heteroatoms. The van der Waals surface area contributed by atoms with Gasteiger partial charge in [0.25, 0.3) is 0 Å². The van der Waals surface area contributed by atoms with E-state index in [1.54, 1.807) is 47.6 Å². The first kappa shape index (κ1) is 34.0. The first-order valence-electron chi connectivity index (χ1n) is 16.5. The van der Waals surface area contributed by atoms with Crippen molar-refractivity contribution in [3.05, 3.63) is 112 Å². The van der Waals surface area contributed by atoms with Gasteiger partial charge in [0.15, 0.2) is 0 Å². The van der Waals surface area contributed by atoms with Crippen molar-refractivity contribution in [3.8, 4) is 11.4 Å². The second kappa shape index (κ2) is 14.4. The summed E-state index contributed by atoms with van der Waals surface area (Å²) in [7, 11) is 0.